The Kier molecular flexibility index (Phi) is 6.70. The van der Waals surface area contributed by atoms with Gasteiger partial charge in [0, 0.05) is 12.3 Å². The summed E-state index contributed by atoms with van der Waals surface area (Å²) < 4.78 is 27.0. The van der Waals surface area contributed by atoms with E-state index in [1.54, 1.807) is 6.92 Å². The number of nitrogens with one attached hydrogen (secondary N) is 1. The van der Waals surface area contributed by atoms with E-state index in [0.29, 0.717) is 0 Å². The van der Waals surface area contributed by atoms with Crippen LogP contribution in [-0.2, 0) is 19.4 Å². The summed E-state index contributed by atoms with van der Waals surface area (Å²) in [7, 11) is -1.71. The Hall–Kier alpha value is -0.620. The fourth-order valence-electron chi connectivity index (χ4n) is 1.64. The first kappa shape index (κ1) is 16.4. The summed E-state index contributed by atoms with van der Waals surface area (Å²) >= 11 is 0. The maximum absolute atomic E-state index is 11.6. The van der Waals surface area contributed by atoms with E-state index in [-0.39, 0.29) is 23.7 Å². The van der Waals surface area contributed by atoms with Gasteiger partial charge >= 0.3 is 5.97 Å². The zero-order valence-corrected chi connectivity index (χ0v) is 12.0. The number of sulfone groups is 1. The van der Waals surface area contributed by atoms with E-state index in [0.717, 1.165) is 6.42 Å². The van der Waals surface area contributed by atoms with E-state index in [4.69, 9.17) is 4.74 Å². The van der Waals surface area contributed by atoms with Crippen LogP contribution in [0.1, 0.15) is 27.2 Å². The van der Waals surface area contributed by atoms with Crippen molar-refractivity contribution in [1.82, 2.24) is 5.32 Å². The van der Waals surface area contributed by atoms with Gasteiger partial charge in [-0.3, -0.25) is 4.79 Å². The Morgan fingerprint density at radius 2 is 1.88 bits per heavy atom. The largest absolute Gasteiger partial charge is 0.468 e. The highest BCUT2D eigenvalue weighted by Crippen LogP contribution is 2.10. The molecule has 0 heterocycles. The molecule has 1 N–H and O–H groups in total. The molecule has 0 aromatic heterocycles. The molecule has 0 spiro atoms. The average Bonchev–Trinajstić information content (AvgIpc) is 2.21. The van der Waals surface area contributed by atoms with Gasteiger partial charge in [-0.15, -0.1) is 0 Å². The Bertz CT molecular complexity index is 339. The maximum atomic E-state index is 11.6. The molecule has 0 saturated heterocycles. The predicted molar refractivity (Wildman–Crippen MR) is 67.6 cm³/mol. The van der Waals surface area contributed by atoms with E-state index < -0.39 is 15.9 Å². The zero-order chi connectivity index (χ0) is 13.6. The fourth-order valence-corrected chi connectivity index (χ4v) is 2.64. The number of carbonyl (C=O) groups excluding carboxylic acids is 1. The number of ether oxygens (including phenoxy) is 1. The number of rotatable bonds is 7. The van der Waals surface area contributed by atoms with Crippen LogP contribution in [-0.4, -0.2) is 45.6 Å². The van der Waals surface area contributed by atoms with Crippen molar-refractivity contribution in [2.45, 2.75) is 39.3 Å². The van der Waals surface area contributed by atoms with Crippen molar-refractivity contribution >= 4 is 15.8 Å². The van der Waals surface area contributed by atoms with Gasteiger partial charge in [-0.2, -0.15) is 0 Å². The standard InChI is InChI=1S/C11H23NO4S/c1-6-8(2)10(11(13)16-4)12-9(3)7-17(5,14)15/h8-10,12H,6-7H2,1-5H3. The SMILES string of the molecule is CCC(C)C(NC(C)CS(C)(=O)=O)C(=O)OC. The number of hydrogen-bond donors (Lipinski definition) is 1. The lowest BCUT2D eigenvalue weighted by atomic mass is 9.98. The highest BCUT2D eigenvalue weighted by Gasteiger charge is 2.26. The van der Waals surface area contributed by atoms with Gasteiger partial charge in [-0.05, 0) is 12.8 Å². The van der Waals surface area contributed by atoms with Gasteiger partial charge in [-0.1, -0.05) is 20.3 Å². The quantitative estimate of drug-likeness (QED) is 0.682. The summed E-state index contributed by atoms with van der Waals surface area (Å²) in [6.45, 7) is 5.66. The zero-order valence-electron chi connectivity index (χ0n) is 11.2. The Morgan fingerprint density at radius 1 is 1.35 bits per heavy atom. The topological polar surface area (TPSA) is 72.5 Å². The van der Waals surface area contributed by atoms with E-state index in [1.165, 1.54) is 13.4 Å². The molecule has 0 aromatic carbocycles. The molecule has 6 heteroatoms. The molecule has 0 fully saturated rings. The monoisotopic (exact) mass is 265 g/mol. The highest BCUT2D eigenvalue weighted by molar-refractivity contribution is 7.90. The molecule has 0 aliphatic heterocycles. The van der Waals surface area contributed by atoms with Crippen molar-refractivity contribution in [1.29, 1.82) is 0 Å². The molecule has 0 rings (SSSR count). The van der Waals surface area contributed by atoms with Crippen LogP contribution < -0.4 is 5.32 Å². The third-order valence-corrected chi connectivity index (χ3v) is 3.79. The third-order valence-electron chi connectivity index (χ3n) is 2.68. The van der Waals surface area contributed by atoms with Gasteiger partial charge in [0.2, 0.25) is 0 Å². The lowest BCUT2D eigenvalue weighted by molar-refractivity contribution is -0.144. The first-order chi connectivity index (χ1) is 7.71. The second-order valence-electron chi connectivity index (χ2n) is 4.55. The van der Waals surface area contributed by atoms with Crippen LogP contribution >= 0.6 is 0 Å². The summed E-state index contributed by atoms with van der Waals surface area (Å²) in [5, 5.41) is 3.02. The predicted octanol–water partition coefficient (Wildman–Crippen LogP) is 0.597. The summed E-state index contributed by atoms with van der Waals surface area (Å²) in [6, 6.07) is -0.732. The Balaban J connectivity index is 4.59. The van der Waals surface area contributed by atoms with Crippen molar-refractivity contribution in [3.63, 3.8) is 0 Å². The second kappa shape index (κ2) is 6.96. The van der Waals surface area contributed by atoms with Gasteiger partial charge in [0.1, 0.15) is 15.9 Å². The van der Waals surface area contributed by atoms with Gasteiger partial charge < -0.3 is 10.1 Å². The molecular weight excluding hydrogens is 242 g/mol. The molecule has 3 atom stereocenters. The number of carbonyl (C=O) groups is 1. The molecule has 3 unspecified atom stereocenters. The average molecular weight is 265 g/mol. The molecule has 0 aliphatic carbocycles. The minimum Gasteiger partial charge on any atom is -0.468 e. The Morgan fingerprint density at radius 3 is 2.24 bits per heavy atom. The van der Waals surface area contributed by atoms with E-state index >= 15 is 0 Å². The van der Waals surface area contributed by atoms with Crippen molar-refractivity contribution in [3.8, 4) is 0 Å². The van der Waals surface area contributed by atoms with Crippen molar-refractivity contribution in [3.05, 3.63) is 0 Å². The molecule has 0 amide bonds. The first-order valence-electron chi connectivity index (χ1n) is 5.72. The van der Waals surface area contributed by atoms with Crippen molar-refractivity contribution < 1.29 is 17.9 Å². The molecule has 0 aromatic rings. The van der Waals surface area contributed by atoms with Crippen LogP contribution in [0, 0.1) is 5.92 Å². The van der Waals surface area contributed by atoms with Gasteiger partial charge in [0.25, 0.3) is 0 Å². The van der Waals surface area contributed by atoms with E-state index in [1.807, 2.05) is 13.8 Å². The molecule has 0 bridgehead atoms. The van der Waals surface area contributed by atoms with Gasteiger partial charge in [0.05, 0.1) is 12.9 Å². The highest BCUT2D eigenvalue weighted by atomic mass is 32.2. The van der Waals surface area contributed by atoms with E-state index in [9.17, 15) is 13.2 Å². The van der Waals surface area contributed by atoms with Crippen LogP contribution in [0.25, 0.3) is 0 Å². The fraction of sp³-hybridized carbons (Fsp3) is 0.909. The minimum absolute atomic E-state index is 0.0108. The number of esters is 1. The number of hydrogen-bond acceptors (Lipinski definition) is 5. The van der Waals surface area contributed by atoms with Gasteiger partial charge in [-0.25, -0.2) is 8.42 Å². The lowest BCUT2D eigenvalue weighted by Gasteiger charge is -2.25. The van der Waals surface area contributed by atoms with Crippen molar-refractivity contribution in [2.24, 2.45) is 5.92 Å². The number of methoxy groups -OCH3 is 1. The van der Waals surface area contributed by atoms with Crippen molar-refractivity contribution in [2.75, 3.05) is 19.1 Å². The minimum atomic E-state index is -3.05. The maximum Gasteiger partial charge on any atom is 0.323 e. The third kappa shape index (κ3) is 6.63. The Labute approximate surface area is 104 Å². The smallest absolute Gasteiger partial charge is 0.323 e. The normalized spacial score (nSPS) is 17.2. The van der Waals surface area contributed by atoms with Gasteiger partial charge in [0.15, 0.2) is 0 Å². The molecular formula is C11H23NO4S. The molecule has 0 aliphatic rings. The summed E-state index contributed by atoms with van der Waals surface area (Å²) in [5.74, 6) is -0.235. The molecule has 5 nitrogen and oxygen atoms in total. The van der Waals surface area contributed by atoms with Crippen LogP contribution in [0.15, 0.2) is 0 Å². The first-order valence-corrected chi connectivity index (χ1v) is 7.78. The molecule has 102 valence electrons. The molecule has 0 saturated carbocycles. The van der Waals surface area contributed by atoms with Crippen LogP contribution in [0.2, 0.25) is 0 Å². The van der Waals surface area contributed by atoms with Crippen LogP contribution in [0.5, 0.6) is 0 Å². The van der Waals surface area contributed by atoms with Crippen LogP contribution in [0.4, 0.5) is 0 Å². The lowest BCUT2D eigenvalue weighted by Crippen LogP contribution is -2.48. The van der Waals surface area contributed by atoms with Crippen LogP contribution in [0.3, 0.4) is 0 Å². The molecule has 17 heavy (non-hydrogen) atoms. The molecule has 0 radical (unpaired) electrons. The summed E-state index contributed by atoms with van der Waals surface area (Å²) in [6.07, 6.45) is 2.00. The second-order valence-corrected chi connectivity index (χ2v) is 6.73. The summed E-state index contributed by atoms with van der Waals surface area (Å²) in [4.78, 5) is 11.6. The summed E-state index contributed by atoms with van der Waals surface area (Å²) in [5.41, 5.74) is 0. The van der Waals surface area contributed by atoms with E-state index in [2.05, 4.69) is 5.32 Å².